The van der Waals surface area contributed by atoms with E-state index in [9.17, 15) is 4.79 Å². The Morgan fingerprint density at radius 2 is 1.82 bits per heavy atom. The lowest BCUT2D eigenvalue weighted by molar-refractivity contribution is -0.117. The van der Waals surface area contributed by atoms with Gasteiger partial charge in [-0.3, -0.25) is 4.79 Å². The quantitative estimate of drug-likeness (QED) is 0.846. The number of carbonyl (C=O) groups is 1. The number of anilines is 2. The summed E-state index contributed by atoms with van der Waals surface area (Å²) in [5, 5.41) is 4.16. The van der Waals surface area contributed by atoms with Gasteiger partial charge >= 0.3 is 0 Å². The largest absolute Gasteiger partial charge is 0.375 e. The number of nitrogens with zero attached hydrogens (tertiary/aromatic N) is 1. The predicted octanol–water partition coefficient (Wildman–Crippen LogP) is 4.85. The van der Waals surface area contributed by atoms with Gasteiger partial charge in [0.05, 0.1) is 17.3 Å². The molecule has 2 aromatic carbocycles. The first kappa shape index (κ1) is 16.7. The van der Waals surface area contributed by atoms with Gasteiger partial charge in [-0.25, -0.2) is 0 Å². The summed E-state index contributed by atoms with van der Waals surface area (Å²) in [6.07, 6.45) is 0. The second-order valence-electron chi connectivity index (χ2n) is 5.17. The topological polar surface area (TPSA) is 32.3 Å². The molecular formula is C17H18Cl2N2O. The summed E-state index contributed by atoms with van der Waals surface area (Å²) >= 11 is 12.0. The summed E-state index contributed by atoms with van der Waals surface area (Å²) in [5.41, 5.74) is 1.53. The monoisotopic (exact) mass is 336 g/mol. The molecule has 22 heavy (non-hydrogen) atoms. The van der Waals surface area contributed by atoms with Crippen molar-refractivity contribution in [2.45, 2.75) is 19.9 Å². The number of rotatable bonds is 5. The highest BCUT2D eigenvalue weighted by molar-refractivity contribution is 6.35. The fraction of sp³-hybridized carbons (Fsp3) is 0.235. The molecule has 0 radical (unpaired) electrons. The molecule has 0 heterocycles. The smallest absolute Gasteiger partial charge is 0.246 e. The third-order valence-electron chi connectivity index (χ3n) is 3.18. The van der Waals surface area contributed by atoms with Crippen LogP contribution in [0.2, 0.25) is 10.0 Å². The molecule has 0 aliphatic rings. The molecule has 3 nitrogen and oxygen atoms in total. The SMILES string of the molecule is CC(C)N(C(=O)CNc1cc(Cl)ccc1Cl)c1ccccc1. The average Bonchev–Trinajstić information content (AvgIpc) is 2.49. The summed E-state index contributed by atoms with van der Waals surface area (Å²) in [7, 11) is 0. The molecule has 0 aromatic heterocycles. The van der Waals surface area contributed by atoms with Crippen molar-refractivity contribution in [2.24, 2.45) is 0 Å². The average molecular weight is 337 g/mol. The zero-order chi connectivity index (χ0) is 16.1. The van der Waals surface area contributed by atoms with Gasteiger partial charge in [0.15, 0.2) is 0 Å². The van der Waals surface area contributed by atoms with E-state index in [2.05, 4.69) is 5.32 Å². The Hall–Kier alpha value is -1.71. The van der Waals surface area contributed by atoms with E-state index in [0.29, 0.717) is 15.7 Å². The van der Waals surface area contributed by atoms with Gasteiger partial charge in [0.2, 0.25) is 5.91 Å². The fourth-order valence-corrected chi connectivity index (χ4v) is 2.56. The second kappa shape index (κ2) is 7.52. The first-order valence-electron chi connectivity index (χ1n) is 7.05. The molecule has 116 valence electrons. The summed E-state index contributed by atoms with van der Waals surface area (Å²) in [4.78, 5) is 14.3. The Morgan fingerprint density at radius 1 is 1.14 bits per heavy atom. The zero-order valence-electron chi connectivity index (χ0n) is 12.5. The van der Waals surface area contributed by atoms with Crippen LogP contribution < -0.4 is 10.2 Å². The minimum Gasteiger partial charge on any atom is -0.375 e. The fourth-order valence-electron chi connectivity index (χ4n) is 2.21. The van der Waals surface area contributed by atoms with Crippen LogP contribution in [0.4, 0.5) is 11.4 Å². The molecular weight excluding hydrogens is 319 g/mol. The summed E-state index contributed by atoms with van der Waals surface area (Å²) in [5.74, 6) is -0.0303. The number of hydrogen-bond acceptors (Lipinski definition) is 2. The highest BCUT2D eigenvalue weighted by Crippen LogP contribution is 2.25. The molecule has 2 rings (SSSR count). The van der Waals surface area contributed by atoms with Crippen molar-refractivity contribution >= 4 is 40.5 Å². The standard InChI is InChI=1S/C17H18Cl2N2O/c1-12(2)21(14-6-4-3-5-7-14)17(22)11-20-16-10-13(18)8-9-15(16)19/h3-10,12,20H,11H2,1-2H3. The molecule has 0 spiro atoms. The third-order valence-corrected chi connectivity index (χ3v) is 3.74. The van der Waals surface area contributed by atoms with Gasteiger partial charge in [-0.15, -0.1) is 0 Å². The minimum atomic E-state index is -0.0303. The predicted molar refractivity (Wildman–Crippen MR) is 94.0 cm³/mol. The van der Waals surface area contributed by atoms with Crippen LogP contribution >= 0.6 is 23.2 Å². The van der Waals surface area contributed by atoms with Gasteiger partial charge < -0.3 is 10.2 Å². The zero-order valence-corrected chi connectivity index (χ0v) is 14.0. The summed E-state index contributed by atoms with van der Waals surface area (Å²) in [6.45, 7) is 4.11. The van der Waals surface area contributed by atoms with Crippen molar-refractivity contribution in [3.05, 3.63) is 58.6 Å². The van der Waals surface area contributed by atoms with Crippen molar-refractivity contribution < 1.29 is 4.79 Å². The first-order chi connectivity index (χ1) is 10.5. The molecule has 5 heteroatoms. The van der Waals surface area contributed by atoms with Gasteiger partial charge in [0.25, 0.3) is 0 Å². The second-order valence-corrected chi connectivity index (χ2v) is 6.01. The van der Waals surface area contributed by atoms with Crippen LogP contribution in [0.25, 0.3) is 0 Å². The van der Waals surface area contributed by atoms with E-state index in [1.165, 1.54) is 0 Å². The van der Waals surface area contributed by atoms with E-state index in [0.717, 1.165) is 5.69 Å². The number of benzene rings is 2. The maximum Gasteiger partial charge on any atom is 0.246 e. The van der Waals surface area contributed by atoms with Gasteiger partial charge in [0.1, 0.15) is 0 Å². The number of halogens is 2. The van der Waals surface area contributed by atoms with Crippen LogP contribution in [0.5, 0.6) is 0 Å². The molecule has 0 fully saturated rings. The third kappa shape index (κ3) is 4.15. The summed E-state index contributed by atoms with van der Waals surface area (Å²) < 4.78 is 0. The lowest BCUT2D eigenvalue weighted by Crippen LogP contribution is -2.40. The van der Waals surface area contributed by atoms with Crippen LogP contribution in [-0.2, 0) is 4.79 Å². The molecule has 1 N–H and O–H groups in total. The van der Waals surface area contributed by atoms with Crippen molar-refractivity contribution in [3.63, 3.8) is 0 Å². The van der Waals surface area contributed by atoms with Gasteiger partial charge in [-0.2, -0.15) is 0 Å². The van der Waals surface area contributed by atoms with E-state index in [1.54, 1.807) is 23.1 Å². The van der Waals surface area contributed by atoms with Crippen molar-refractivity contribution in [1.82, 2.24) is 0 Å². The Balaban J connectivity index is 2.11. The van der Waals surface area contributed by atoms with E-state index < -0.39 is 0 Å². The first-order valence-corrected chi connectivity index (χ1v) is 7.80. The van der Waals surface area contributed by atoms with Gasteiger partial charge in [0, 0.05) is 16.8 Å². The molecule has 0 atom stereocenters. The molecule has 1 amide bonds. The minimum absolute atomic E-state index is 0.0303. The van der Waals surface area contributed by atoms with E-state index in [1.807, 2.05) is 44.2 Å². The van der Waals surface area contributed by atoms with Crippen molar-refractivity contribution in [1.29, 1.82) is 0 Å². The van der Waals surface area contributed by atoms with Crippen LogP contribution in [0.15, 0.2) is 48.5 Å². The van der Waals surface area contributed by atoms with E-state index >= 15 is 0 Å². The van der Waals surface area contributed by atoms with E-state index in [-0.39, 0.29) is 18.5 Å². The van der Waals surface area contributed by atoms with Crippen LogP contribution in [0.3, 0.4) is 0 Å². The molecule has 0 unspecified atom stereocenters. The number of carbonyl (C=O) groups excluding carboxylic acids is 1. The normalized spacial score (nSPS) is 10.6. The van der Waals surface area contributed by atoms with Crippen LogP contribution in [-0.4, -0.2) is 18.5 Å². The summed E-state index contributed by atoms with van der Waals surface area (Å²) in [6, 6.07) is 14.8. The Bertz CT molecular complexity index is 644. The van der Waals surface area contributed by atoms with Crippen molar-refractivity contribution in [2.75, 3.05) is 16.8 Å². The molecule has 0 aliphatic heterocycles. The van der Waals surface area contributed by atoms with E-state index in [4.69, 9.17) is 23.2 Å². The Labute approximate surface area is 140 Å². The number of hydrogen-bond donors (Lipinski definition) is 1. The van der Waals surface area contributed by atoms with Crippen LogP contribution in [0.1, 0.15) is 13.8 Å². The number of amides is 1. The molecule has 0 bridgehead atoms. The molecule has 2 aromatic rings. The highest BCUT2D eigenvalue weighted by atomic mass is 35.5. The molecule has 0 saturated carbocycles. The van der Waals surface area contributed by atoms with Crippen LogP contribution in [0, 0.1) is 0 Å². The lowest BCUT2D eigenvalue weighted by Gasteiger charge is -2.27. The lowest BCUT2D eigenvalue weighted by atomic mass is 10.2. The molecule has 0 saturated heterocycles. The highest BCUT2D eigenvalue weighted by Gasteiger charge is 2.18. The number of nitrogens with one attached hydrogen (secondary N) is 1. The molecule has 0 aliphatic carbocycles. The number of para-hydroxylation sites is 1. The van der Waals surface area contributed by atoms with Gasteiger partial charge in [-0.05, 0) is 44.2 Å². The van der Waals surface area contributed by atoms with Gasteiger partial charge in [-0.1, -0.05) is 41.4 Å². The van der Waals surface area contributed by atoms with Crippen molar-refractivity contribution in [3.8, 4) is 0 Å². The Kier molecular flexibility index (Phi) is 5.69. The maximum absolute atomic E-state index is 12.5. The Morgan fingerprint density at radius 3 is 2.45 bits per heavy atom. The maximum atomic E-state index is 12.5.